The number of carbonyl (C=O) groups is 1. The van der Waals surface area contributed by atoms with Crippen LogP contribution in [-0.2, 0) is 9.53 Å². The lowest BCUT2D eigenvalue weighted by atomic mass is 10.0. The normalized spacial score (nSPS) is 21.3. The summed E-state index contributed by atoms with van der Waals surface area (Å²) in [5.41, 5.74) is -0.832. The Bertz CT molecular complexity index is 635. The molecular formula is C16H26N4O4. The first-order valence-corrected chi connectivity index (χ1v) is 8.93. The average Bonchev–Trinajstić information content (AvgIpc) is 3.22. The van der Waals surface area contributed by atoms with Crippen molar-refractivity contribution in [3.8, 4) is 0 Å². The zero-order chi connectivity index (χ0) is 17.1. The van der Waals surface area contributed by atoms with E-state index >= 15 is 0 Å². The molecule has 2 aliphatic rings. The molecule has 1 aliphatic heterocycles. The minimum Gasteiger partial charge on any atom is -0.365 e. The Morgan fingerprint density at radius 1 is 1.12 bits per heavy atom. The predicted octanol–water partition coefficient (Wildman–Crippen LogP) is 0.766. The molecule has 1 aromatic rings. The molecule has 1 aromatic heterocycles. The molecule has 2 N–H and O–H groups in total. The monoisotopic (exact) mass is 338 g/mol. The van der Waals surface area contributed by atoms with Gasteiger partial charge < -0.3 is 9.64 Å². The summed E-state index contributed by atoms with van der Waals surface area (Å²) in [6, 6.07) is -0.160. The zero-order valence-electron chi connectivity index (χ0n) is 14.1. The first-order valence-electron chi connectivity index (χ1n) is 8.93. The molecule has 134 valence electrons. The van der Waals surface area contributed by atoms with Gasteiger partial charge in [0.05, 0.1) is 6.10 Å². The second kappa shape index (κ2) is 7.38. The molecule has 2 fully saturated rings. The lowest BCUT2D eigenvalue weighted by Crippen LogP contribution is -2.47. The van der Waals surface area contributed by atoms with Crippen molar-refractivity contribution in [1.29, 1.82) is 0 Å². The van der Waals surface area contributed by atoms with Crippen LogP contribution in [0.25, 0.3) is 0 Å². The molecule has 1 aliphatic carbocycles. The Morgan fingerprint density at radius 2 is 1.71 bits per heavy atom. The zero-order valence-corrected chi connectivity index (χ0v) is 14.1. The highest BCUT2D eigenvalue weighted by Crippen LogP contribution is 2.25. The van der Waals surface area contributed by atoms with Gasteiger partial charge in [-0.25, -0.2) is 24.4 Å². The standard InChI is InChI=1S/C16H26N4O4/c1-2-13(24-12-5-3-4-6-12)14(21)19-9-7-11(8-10-19)20-15(22)17-18-16(20)23/h11-13H,2-10H2,1H3,(H,17,22)(H,18,23). The van der Waals surface area contributed by atoms with Crippen LogP contribution in [0.2, 0.25) is 0 Å². The van der Waals surface area contributed by atoms with Gasteiger partial charge in [-0.3, -0.25) is 4.79 Å². The molecule has 1 atom stereocenters. The summed E-state index contributed by atoms with van der Waals surface area (Å²) in [6.07, 6.45) is 6.18. The van der Waals surface area contributed by atoms with E-state index in [4.69, 9.17) is 4.74 Å². The molecule has 0 bridgehead atoms. The van der Waals surface area contributed by atoms with Crippen molar-refractivity contribution in [2.75, 3.05) is 13.1 Å². The van der Waals surface area contributed by atoms with Gasteiger partial charge in [0.2, 0.25) is 0 Å². The Balaban J connectivity index is 1.58. The number of piperidine rings is 1. The third-order valence-corrected chi connectivity index (χ3v) is 5.16. The quantitative estimate of drug-likeness (QED) is 0.828. The molecule has 2 heterocycles. The lowest BCUT2D eigenvalue weighted by Gasteiger charge is -2.34. The molecule has 0 spiro atoms. The molecule has 3 rings (SSSR count). The van der Waals surface area contributed by atoms with E-state index in [1.54, 1.807) is 0 Å². The number of rotatable bonds is 5. The summed E-state index contributed by atoms with van der Waals surface area (Å²) < 4.78 is 7.22. The van der Waals surface area contributed by atoms with Gasteiger partial charge >= 0.3 is 11.4 Å². The van der Waals surface area contributed by atoms with E-state index in [1.807, 2.05) is 11.8 Å². The van der Waals surface area contributed by atoms with Crippen molar-refractivity contribution >= 4 is 5.91 Å². The maximum atomic E-state index is 12.7. The molecule has 1 saturated carbocycles. The van der Waals surface area contributed by atoms with Gasteiger partial charge in [0.15, 0.2) is 0 Å². The third kappa shape index (κ3) is 3.48. The van der Waals surface area contributed by atoms with Crippen LogP contribution in [0.15, 0.2) is 9.59 Å². The Morgan fingerprint density at radius 3 is 2.25 bits per heavy atom. The number of ether oxygens (including phenoxy) is 1. The van der Waals surface area contributed by atoms with E-state index in [9.17, 15) is 14.4 Å². The number of carbonyl (C=O) groups excluding carboxylic acids is 1. The number of H-pyrrole nitrogens is 2. The molecule has 24 heavy (non-hydrogen) atoms. The SMILES string of the molecule is CCC(OC1CCCC1)C(=O)N1CCC(n2c(=O)[nH][nH]c2=O)CC1. The minimum absolute atomic E-state index is 0.0400. The Hall–Kier alpha value is -1.83. The minimum atomic E-state index is -0.416. The number of amides is 1. The summed E-state index contributed by atoms with van der Waals surface area (Å²) in [5, 5.41) is 4.61. The Labute approximate surface area is 140 Å². The van der Waals surface area contributed by atoms with Crippen molar-refractivity contribution in [3.63, 3.8) is 0 Å². The molecule has 1 amide bonds. The Kier molecular flexibility index (Phi) is 5.23. The summed E-state index contributed by atoms with van der Waals surface area (Å²) in [4.78, 5) is 37.9. The topological polar surface area (TPSA) is 100 Å². The van der Waals surface area contributed by atoms with Gasteiger partial charge in [0.25, 0.3) is 5.91 Å². The largest absolute Gasteiger partial charge is 0.365 e. The van der Waals surface area contributed by atoms with Gasteiger partial charge in [0.1, 0.15) is 6.10 Å². The van der Waals surface area contributed by atoms with Gasteiger partial charge in [-0.05, 0) is 32.1 Å². The first kappa shape index (κ1) is 17.0. The van der Waals surface area contributed by atoms with Gasteiger partial charge in [-0.15, -0.1) is 0 Å². The summed E-state index contributed by atoms with van der Waals surface area (Å²) >= 11 is 0. The second-order valence-electron chi connectivity index (χ2n) is 6.73. The van der Waals surface area contributed by atoms with Crippen molar-refractivity contribution in [2.24, 2.45) is 0 Å². The van der Waals surface area contributed by atoms with E-state index in [1.165, 1.54) is 17.4 Å². The maximum Gasteiger partial charge on any atom is 0.344 e. The number of aromatic amines is 2. The fourth-order valence-corrected chi connectivity index (χ4v) is 3.79. The summed E-state index contributed by atoms with van der Waals surface area (Å²) in [7, 11) is 0. The van der Waals surface area contributed by atoms with Crippen molar-refractivity contribution in [1.82, 2.24) is 19.7 Å². The summed E-state index contributed by atoms with van der Waals surface area (Å²) in [5.74, 6) is 0.0400. The van der Waals surface area contributed by atoms with Crippen molar-refractivity contribution < 1.29 is 9.53 Å². The molecule has 8 nitrogen and oxygen atoms in total. The fourth-order valence-electron chi connectivity index (χ4n) is 3.79. The van der Waals surface area contributed by atoms with Gasteiger partial charge in [0, 0.05) is 19.1 Å². The van der Waals surface area contributed by atoms with E-state index in [-0.39, 0.29) is 24.2 Å². The van der Waals surface area contributed by atoms with Crippen LogP contribution in [0.4, 0.5) is 0 Å². The van der Waals surface area contributed by atoms with Crippen molar-refractivity contribution in [2.45, 2.75) is 70.1 Å². The van der Waals surface area contributed by atoms with Crippen LogP contribution >= 0.6 is 0 Å². The number of aromatic nitrogens is 3. The number of nitrogens with one attached hydrogen (secondary N) is 2. The van der Waals surface area contributed by atoms with E-state index < -0.39 is 11.4 Å². The van der Waals surface area contributed by atoms with E-state index in [0.29, 0.717) is 32.4 Å². The molecule has 1 unspecified atom stereocenters. The van der Waals surface area contributed by atoms with Crippen LogP contribution in [-0.4, -0.2) is 50.9 Å². The number of nitrogens with zero attached hydrogens (tertiary/aromatic N) is 2. The van der Waals surface area contributed by atoms with E-state index in [2.05, 4.69) is 10.2 Å². The van der Waals surface area contributed by atoms with Crippen molar-refractivity contribution in [3.05, 3.63) is 21.0 Å². The average molecular weight is 338 g/mol. The lowest BCUT2D eigenvalue weighted by molar-refractivity contribution is -0.149. The highest BCUT2D eigenvalue weighted by atomic mass is 16.5. The van der Waals surface area contributed by atoms with Crippen LogP contribution < -0.4 is 11.4 Å². The molecule has 8 heteroatoms. The highest BCUT2D eigenvalue weighted by Gasteiger charge is 2.31. The number of hydrogen-bond donors (Lipinski definition) is 2. The second-order valence-corrected chi connectivity index (χ2v) is 6.73. The molecule has 1 saturated heterocycles. The van der Waals surface area contributed by atoms with Gasteiger partial charge in [-0.1, -0.05) is 19.8 Å². The number of hydrogen-bond acceptors (Lipinski definition) is 4. The number of likely N-dealkylation sites (tertiary alicyclic amines) is 1. The smallest absolute Gasteiger partial charge is 0.344 e. The maximum absolute atomic E-state index is 12.7. The fraction of sp³-hybridized carbons (Fsp3) is 0.812. The van der Waals surface area contributed by atoms with Crippen LogP contribution in [0, 0.1) is 0 Å². The molecule has 0 aromatic carbocycles. The molecular weight excluding hydrogens is 312 g/mol. The highest BCUT2D eigenvalue weighted by molar-refractivity contribution is 5.81. The van der Waals surface area contributed by atoms with Gasteiger partial charge in [-0.2, -0.15) is 0 Å². The van der Waals surface area contributed by atoms with Crippen LogP contribution in [0.3, 0.4) is 0 Å². The first-order chi connectivity index (χ1) is 11.6. The third-order valence-electron chi connectivity index (χ3n) is 5.16. The van der Waals surface area contributed by atoms with Crippen LogP contribution in [0.5, 0.6) is 0 Å². The van der Waals surface area contributed by atoms with E-state index in [0.717, 1.165) is 12.8 Å². The van der Waals surface area contributed by atoms with Crippen LogP contribution in [0.1, 0.15) is 57.9 Å². The summed E-state index contributed by atoms with van der Waals surface area (Å²) in [6.45, 7) is 3.07. The molecule has 0 radical (unpaired) electrons. The predicted molar refractivity (Wildman–Crippen MR) is 87.9 cm³/mol.